The molecule has 0 saturated heterocycles. The van der Waals surface area contributed by atoms with Gasteiger partial charge < -0.3 is 11.1 Å². The van der Waals surface area contributed by atoms with Crippen LogP contribution in [0.5, 0.6) is 0 Å². The first kappa shape index (κ1) is 19.7. The van der Waals surface area contributed by atoms with Gasteiger partial charge in [-0.05, 0) is 56.4 Å². The number of hydrogen-bond donors (Lipinski definition) is 2. The minimum atomic E-state index is -0.0206. The van der Waals surface area contributed by atoms with Crippen LogP contribution in [-0.2, 0) is 6.42 Å². The van der Waals surface area contributed by atoms with Gasteiger partial charge in [-0.3, -0.25) is 4.79 Å². The third-order valence-electron chi connectivity index (χ3n) is 3.90. The fraction of sp³-hybridized carbons (Fsp3) is 0.375. The second kappa shape index (κ2) is 7.99. The molecule has 1 amide bonds. The summed E-state index contributed by atoms with van der Waals surface area (Å²) in [6.45, 7) is 3.81. The first-order chi connectivity index (χ1) is 10.0. The highest BCUT2D eigenvalue weighted by Gasteiger charge is 2.24. The van der Waals surface area contributed by atoms with E-state index in [1.54, 1.807) is 0 Å². The number of fused-ring (bicyclic) bond motifs is 1. The van der Waals surface area contributed by atoms with Crippen LogP contribution < -0.4 is 11.1 Å². The quantitative estimate of drug-likeness (QED) is 0.781. The minimum Gasteiger partial charge on any atom is -0.399 e. The Morgan fingerprint density at radius 1 is 1.35 bits per heavy atom. The summed E-state index contributed by atoms with van der Waals surface area (Å²) in [4.78, 5) is 17.5. The minimum absolute atomic E-state index is 0. The van der Waals surface area contributed by atoms with Crippen LogP contribution in [-0.4, -0.2) is 10.9 Å². The fourth-order valence-electron chi connectivity index (χ4n) is 2.95. The zero-order valence-electron chi connectivity index (χ0n) is 13.1. The van der Waals surface area contributed by atoms with E-state index in [0.29, 0.717) is 0 Å². The molecule has 1 aromatic carbocycles. The summed E-state index contributed by atoms with van der Waals surface area (Å²) in [5.41, 5.74) is 9.89. The number of nitrogen functional groups attached to an aromatic ring is 1. The summed E-state index contributed by atoms with van der Waals surface area (Å²) in [6, 6.07) is 6.05. The van der Waals surface area contributed by atoms with E-state index < -0.39 is 0 Å². The number of carbonyl (C=O) groups excluding carboxylic acids is 1. The number of hydrogen-bond acceptors (Lipinski definition) is 4. The Hall–Kier alpha value is -1.30. The molecular weight excluding hydrogens is 353 g/mol. The number of anilines is 1. The topological polar surface area (TPSA) is 68.0 Å². The van der Waals surface area contributed by atoms with Crippen LogP contribution in [0.2, 0.25) is 0 Å². The normalized spacial score (nSPS) is 15.8. The van der Waals surface area contributed by atoms with Gasteiger partial charge >= 0.3 is 0 Å². The number of amides is 1. The molecule has 1 unspecified atom stereocenters. The average molecular weight is 374 g/mol. The van der Waals surface area contributed by atoms with Crippen LogP contribution in [0.4, 0.5) is 5.69 Å². The van der Waals surface area contributed by atoms with Crippen molar-refractivity contribution in [2.45, 2.75) is 39.2 Å². The van der Waals surface area contributed by atoms with Crippen LogP contribution >= 0.6 is 36.2 Å². The maximum Gasteiger partial charge on any atom is 0.263 e. The number of nitrogens with one attached hydrogen (secondary N) is 1. The van der Waals surface area contributed by atoms with Gasteiger partial charge in [0.05, 0.1) is 16.7 Å². The maximum absolute atomic E-state index is 12.5. The smallest absolute Gasteiger partial charge is 0.263 e. The van der Waals surface area contributed by atoms with Crippen molar-refractivity contribution >= 4 is 47.7 Å². The lowest BCUT2D eigenvalue weighted by molar-refractivity contribution is 0.0936. The molecule has 23 heavy (non-hydrogen) atoms. The van der Waals surface area contributed by atoms with Crippen molar-refractivity contribution in [1.29, 1.82) is 0 Å². The molecule has 0 bridgehead atoms. The number of aryl methyl sites for hydroxylation is 3. The van der Waals surface area contributed by atoms with Gasteiger partial charge in [-0.2, -0.15) is 0 Å². The molecule has 3 rings (SSSR count). The van der Waals surface area contributed by atoms with E-state index in [4.69, 9.17) is 5.73 Å². The zero-order chi connectivity index (χ0) is 15.0. The van der Waals surface area contributed by atoms with E-state index in [-0.39, 0.29) is 36.8 Å². The lowest BCUT2D eigenvalue weighted by atomic mass is 9.87. The molecule has 1 aliphatic carbocycles. The monoisotopic (exact) mass is 373 g/mol. The summed E-state index contributed by atoms with van der Waals surface area (Å²) in [5.74, 6) is -0.0206. The molecule has 0 saturated carbocycles. The highest BCUT2D eigenvalue weighted by Crippen LogP contribution is 2.31. The first-order valence-corrected chi connectivity index (χ1v) is 7.99. The largest absolute Gasteiger partial charge is 0.399 e. The Labute approximate surface area is 152 Å². The van der Waals surface area contributed by atoms with Crippen molar-refractivity contribution in [2.75, 3.05) is 5.73 Å². The Bertz CT molecular complexity index is 703. The van der Waals surface area contributed by atoms with E-state index in [1.807, 2.05) is 32.0 Å². The van der Waals surface area contributed by atoms with Crippen molar-refractivity contribution in [3.05, 3.63) is 44.9 Å². The fourth-order valence-corrected chi connectivity index (χ4v) is 3.77. The number of aromatic nitrogens is 1. The molecular formula is C16H21Cl2N3OS. The van der Waals surface area contributed by atoms with Crippen molar-refractivity contribution in [2.24, 2.45) is 0 Å². The number of halogens is 2. The van der Waals surface area contributed by atoms with Gasteiger partial charge in [0.1, 0.15) is 4.88 Å². The Morgan fingerprint density at radius 2 is 2.09 bits per heavy atom. The average Bonchev–Trinajstić information content (AvgIpc) is 2.77. The Morgan fingerprint density at radius 3 is 2.74 bits per heavy atom. The lowest BCUT2D eigenvalue weighted by Gasteiger charge is -2.26. The van der Waals surface area contributed by atoms with Gasteiger partial charge in [0.15, 0.2) is 0 Å². The molecule has 126 valence electrons. The summed E-state index contributed by atoms with van der Waals surface area (Å²) < 4.78 is 0. The molecule has 1 aromatic heterocycles. The van der Waals surface area contributed by atoms with E-state index in [9.17, 15) is 4.79 Å². The van der Waals surface area contributed by atoms with Crippen LogP contribution in [0.25, 0.3) is 0 Å². The molecule has 0 spiro atoms. The van der Waals surface area contributed by atoms with Gasteiger partial charge in [0.2, 0.25) is 0 Å². The van der Waals surface area contributed by atoms with Crippen molar-refractivity contribution in [3.8, 4) is 0 Å². The number of benzene rings is 1. The molecule has 1 atom stereocenters. The second-order valence-electron chi connectivity index (χ2n) is 5.52. The van der Waals surface area contributed by atoms with Crippen LogP contribution in [0.15, 0.2) is 18.2 Å². The Kier molecular flexibility index (Phi) is 6.86. The second-order valence-corrected chi connectivity index (χ2v) is 6.73. The van der Waals surface area contributed by atoms with Gasteiger partial charge in [-0.25, -0.2) is 4.98 Å². The number of nitrogens with zero attached hydrogens (tertiary/aromatic N) is 1. The SMILES string of the molecule is Cc1nc(C)c(C(=O)NC2CCCc3cc(N)ccc32)s1.Cl.Cl. The highest BCUT2D eigenvalue weighted by molar-refractivity contribution is 7.13. The molecule has 0 aliphatic heterocycles. The van der Waals surface area contributed by atoms with E-state index in [2.05, 4.69) is 10.3 Å². The zero-order valence-corrected chi connectivity index (χ0v) is 15.5. The van der Waals surface area contributed by atoms with Gasteiger partial charge in [-0.15, -0.1) is 36.2 Å². The standard InChI is InChI=1S/C16H19N3OS.2ClH/c1-9-15(21-10(2)18-9)16(20)19-14-5-3-4-11-8-12(17)6-7-13(11)14;;/h6-8,14H,3-5,17H2,1-2H3,(H,19,20);2*1H. The molecule has 4 nitrogen and oxygen atoms in total. The number of thiazole rings is 1. The first-order valence-electron chi connectivity index (χ1n) is 7.18. The summed E-state index contributed by atoms with van der Waals surface area (Å²) >= 11 is 1.45. The lowest BCUT2D eigenvalue weighted by Crippen LogP contribution is -2.30. The Balaban J connectivity index is 0.00000132. The molecule has 1 heterocycles. The molecule has 7 heteroatoms. The van der Waals surface area contributed by atoms with Gasteiger partial charge in [0.25, 0.3) is 5.91 Å². The molecule has 3 N–H and O–H groups in total. The predicted octanol–water partition coefficient (Wildman–Crippen LogP) is 3.99. The molecule has 0 fully saturated rings. The third kappa shape index (κ3) is 4.16. The van der Waals surface area contributed by atoms with Crippen molar-refractivity contribution in [3.63, 3.8) is 0 Å². The van der Waals surface area contributed by atoms with Crippen molar-refractivity contribution in [1.82, 2.24) is 10.3 Å². The summed E-state index contributed by atoms with van der Waals surface area (Å²) in [6.07, 6.45) is 3.08. The number of rotatable bonds is 2. The summed E-state index contributed by atoms with van der Waals surface area (Å²) in [7, 11) is 0. The molecule has 2 aromatic rings. The number of carbonyl (C=O) groups is 1. The van der Waals surface area contributed by atoms with Crippen LogP contribution in [0.1, 0.15) is 50.4 Å². The van der Waals surface area contributed by atoms with E-state index >= 15 is 0 Å². The number of nitrogens with two attached hydrogens (primary N) is 1. The molecule has 0 radical (unpaired) electrons. The maximum atomic E-state index is 12.5. The van der Waals surface area contributed by atoms with E-state index in [0.717, 1.165) is 40.5 Å². The van der Waals surface area contributed by atoms with Crippen molar-refractivity contribution < 1.29 is 4.79 Å². The highest BCUT2D eigenvalue weighted by atomic mass is 35.5. The summed E-state index contributed by atoms with van der Waals surface area (Å²) in [5, 5.41) is 4.08. The van der Waals surface area contributed by atoms with Gasteiger partial charge in [0, 0.05) is 5.69 Å². The van der Waals surface area contributed by atoms with Gasteiger partial charge in [-0.1, -0.05) is 6.07 Å². The predicted molar refractivity (Wildman–Crippen MR) is 100 cm³/mol. The third-order valence-corrected chi connectivity index (χ3v) is 4.97. The van der Waals surface area contributed by atoms with E-state index in [1.165, 1.54) is 22.5 Å². The molecule has 1 aliphatic rings. The van der Waals surface area contributed by atoms with Crippen LogP contribution in [0.3, 0.4) is 0 Å². The van der Waals surface area contributed by atoms with Crippen LogP contribution in [0, 0.1) is 13.8 Å².